The van der Waals surface area contributed by atoms with Crippen LogP contribution < -0.4 is 0 Å². The molecule has 0 nitrogen and oxygen atoms in total. The molecule has 0 aliphatic rings. The molecular formula is C25H28. The van der Waals surface area contributed by atoms with E-state index in [1.807, 2.05) is 30.3 Å². The van der Waals surface area contributed by atoms with Gasteiger partial charge in [0.15, 0.2) is 0 Å². The van der Waals surface area contributed by atoms with E-state index in [0.717, 1.165) is 24.0 Å². The summed E-state index contributed by atoms with van der Waals surface area (Å²) < 4.78 is 0. The Kier molecular flexibility index (Phi) is 8.44. The summed E-state index contributed by atoms with van der Waals surface area (Å²) in [4.78, 5) is 0. The topological polar surface area (TPSA) is 0 Å². The van der Waals surface area contributed by atoms with Crippen LogP contribution in [0.3, 0.4) is 0 Å². The van der Waals surface area contributed by atoms with Crippen molar-refractivity contribution in [1.82, 2.24) is 0 Å². The molecule has 0 unspecified atom stereocenters. The maximum absolute atomic E-state index is 3.25. The van der Waals surface area contributed by atoms with Crippen LogP contribution in [-0.4, -0.2) is 0 Å². The van der Waals surface area contributed by atoms with Gasteiger partial charge in [0.1, 0.15) is 0 Å². The third kappa shape index (κ3) is 6.91. The van der Waals surface area contributed by atoms with Crippen LogP contribution in [-0.2, 0) is 12.8 Å². The Bertz CT molecular complexity index is 760. The summed E-state index contributed by atoms with van der Waals surface area (Å²) in [6, 6.07) is 16.8. The van der Waals surface area contributed by atoms with Crippen LogP contribution in [0.25, 0.3) is 0 Å². The van der Waals surface area contributed by atoms with Crippen molar-refractivity contribution in [1.29, 1.82) is 0 Å². The second kappa shape index (κ2) is 11.2. The summed E-state index contributed by atoms with van der Waals surface area (Å²) in [7, 11) is 0. The van der Waals surface area contributed by atoms with Gasteiger partial charge in [-0.25, -0.2) is 0 Å². The van der Waals surface area contributed by atoms with Gasteiger partial charge in [0, 0.05) is 11.1 Å². The Morgan fingerprint density at radius 2 is 1.52 bits per heavy atom. The fraction of sp³-hybridized carbons (Fsp3) is 0.360. The minimum absolute atomic E-state index is 1.01. The Morgan fingerprint density at radius 1 is 0.720 bits per heavy atom. The minimum Gasteiger partial charge on any atom is -0.0654 e. The first-order valence-electron chi connectivity index (χ1n) is 9.52. The van der Waals surface area contributed by atoms with Gasteiger partial charge in [-0.3, -0.25) is 0 Å². The molecule has 2 aromatic carbocycles. The summed E-state index contributed by atoms with van der Waals surface area (Å²) in [5, 5.41) is 0. The molecular weight excluding hydrogens is 300 g/mol. The zero-order valence-corrected chi connectivity index (χ0v) is 15.6. The molecule has 0 atom stereocenters. The van der Waals surface area contributed by atoms with E-state index in [0.29, 0.717) is 0 Å². The highest BCUT2D eigenvalue weighted by molar-refractivity contribution is 5.48. The molecule has 0 aliphatic carbocycles. The summed E-state index contributed by atoms with van der Waals surface area (Å²) in [5.41, 5.74) is 4.94. The van der Waals surface area contributed by atoms with Crippen molar-refractivity contribution in [3.8, 4) is 23.7 Å². The largest absolute Gasteiger partial charge is 0.0654 e. The number of unbranched alkanes of at least 4 members (excludes halogenated alkanes) is 3. The van der Waals surface area contributed by atoms with E-state index in [2.05, 4.69) is 55.7 Å². The van der Waals surface area contributed by atoms with E-state index in [4.69, 9.17) is 0 Å². The molecule has 2 aromatic rings. The van der Waals surface area contributed by atoms with Crippen molar-refractivity contribution in [2.45, 2.75) is 58.8 Å². The Balaban J connectivity index is 2.07. The SMILES string of the molecule is CCCCCCc1ccc(C#CC#Cc2ccccc2)c(CCC)c1. The second-order valence-electron chi connectivity index (χ2n) is 6.42. The van der Waals surface area contributed by atoms with Gasteiger partial charge in [0.05, 0.1) is 0 Å². The van der Waals surface area contributed by atoms with Crippen LogP contribution in [0.5, 0.6) is 0 Å². The van der Waals surface area contributed by atoms with Crippen LogP contribution in [0.1, 0.15) is 68.2 Å². The molecule has 0 aromatic heterocycles. The molecule has 128 valence electrons. The van der Waals surface area contributed by atoms with E-state index in [1.54, 1.807) is 0 Å². The lowest BCUT2D eigenvalue weighted by atomic mass is 9.97. The highest BCUT2D eigenvalue weighted by atomic mass is 14.1. The van der Waals surface area contributed by atoms with Gasteiger partial charge in [-0.2, -0.15) is 0 Å². The molecule has 25 heavy (non-hydrogen) atoms. The molecule has 0 spiro atoms. The summed E-state index contributed by atoms with van der Waals surface area (Å²) in [5.74, 6) is 12.3. The second-order valence-corrected chi connectivity index (χ2v) is 6.42. The standard InChI is InChI=1S/C25H28/c1-3-5-6-8-17-23-19-20-24(25(21-23)13-4-2)18-12-11-16-22-14-9-7-10-15-22/h7,9-10,14-15,19-21H,3-6,8,13,17H2,1-2H3. The lowest BCUT2D eigenvalue weighted by molar-refractivity contribution is 0.666. The molecule has 0 bridgehead atoms. The number of benzene rings is 2. The number of aryl methyl sites for hydroxylation is 2. The third-order valence-electron chi connectivity index (χ3n) is 4.25. The van der Waals surface area contributed by atoms with Gasteiger partial charge in [0.25, 0.3) is 0 Å². The monoisotopic (exact) mass is 328 g/mol. The maximum atomic E-state index is 3.25. The summed E-state index contributed by atoms with van der Waals surface area (Å²) >= 11 is 0. The van der Waals surface area contributed by atoms with E-state index in [-0.39, 0.29) is 0 Å². The average molecular weight is 328 g/mol. The summed E-state index contributed by atoms with van der Waals surface area (Å²) in [6.07, 6.45) is 8.65. The Labute approximate surface area is 153 Å². The van der Waals surface area contributed by atoms with E-state index < -0.39 is 0 Å². The first-order valence-corrected chi connectivity index (χ1v) is 9.52. The summed E-state index contributed by atoms with van der Waals surface area (Å²) in [6.45, 7) is 4.48. The predicted molar refractivity (Wildman–Crippen MR) is 108 cm³/mol. The number of hydrogen-bond donors (Lipinski definition) is 0. The number of hydrogen-bond acceptors (Lipinski definition) is 0. The van der Waals surface area contributed by atoms with Crippen LogP contribution in [0, 0.1) is 23.7 Å². The van der Waals surface area contributed by atoms with Crippen molar-refractivity contribution >= 4 is 0 Å². The van der Waals surface area contributed by atoms with Crippen LogP contribution in [0.4, 0.5) is 0 Å². The maximum Gasteiger partial charge on any atom is 0.0287 e. The van der Waals surface area contributed by atoms with Gasteiger partial charge in [-0.1, -0.05) is 81.7 Å². The van der Waals surface area contributed by atoms with Gasteiger partial charge >= 0.3 is 0 Å². The predicted octanol–water partition coefficient (Wildman–Crippen LogP) is 6.17. The lowest BCUT2D eigenvalue weighted by Crippen LogP contribution is -1.94. The fourth-order valence-electron chi connectivity index (χ4n) is 2.88. The van der Waals surface area contributed by atoms with Crippen LogP contribution in [0.15, 0.2) is 48.5 Å². The molecule has 0 amide bonds. The Hall–Kier alpha value is -2.44. The molecule has 0 aliphatic heterocycles. The van der Waals surface area contributed by atoms with Crippen molar-refractivity contribution in [2.75, 3.05) is 0 Å². The number of rotatable bonds is 7. The molecule has 0 radical (unpaired) electrons. The van der Waals surface area contributed by atoms with Gasteiger partial charge in [-0.15, -0.1) is 0 Å². The first kappa shape index (κ1) is 18.9. The fourth-order valence-corrected chi connectivity index (χ4v) is 2.88. The van der Waals surface area contributed by atoms with E-state index in [9.17, 15) is 0 Å². The van der Waals surface area contributed by atoms with Gasteiger partial charge in [0.2, 0.25) is 0 Å². The third-order valence-corrected chi connectivity index (χ3v) is 4.25. The van der Waals surface area contributed by atoms with Crippen LogP contribution in [0.2, 0.25) is 0 Å². The van der Waals surface area contributed by atoms with E-state index in [1.165, 1.54) is 43.2 Å². The minimum atomic E-state index is 1.01. The highest BCUT2D eigenvalue weighted by Gasteiger charge is 2.02. The van der Waals surface area contributed by atoms with Crippen LogP contribution >= 0.6 is 0 Å². The normalized spacial score (nSPS) is 9.68. The molecule has 2 rings (SSSR count). The molecule has 0 fully saturated rings. The smallest absolute Gasteiger partial charge is 0.0287 e. The molecule has 0 heteroatoms. The zero-order valence-electron chi connectivity index (χ0n) is 15.6. The lowest BCUT2D eigenvalue weighted by Gasteiger charge is -2.07. The molecule has 0 heterocycles. The highest BCUT2D eigenvalue weighted by Crippen LogP contribution is 2.16. The molecule has 0 N–H and O–H groups in total. The quantitative estimate of drug-likeness (QED) is 0.421. The van der Waals surface area contributed by atoms with Crippen molar-refractivity contribution in [3.05, 3.63) is 70.8 Å². The van der Waals surface area contributed by atoms with Crippen molar-refractivity contribution < 1.29 is 0 Å². The Morgan fingerprint density at radius 3 is 2.28 bits per heavy atom. The van der Waals surface area contributed by atoms with E-state index >= 15 is 0 Å². The van der Waals surface area contributed by atoms with Gasteiger partial charge in [-0.05, 0) is 60.4 Å². The first-order chi connectivity index (χ1) is 12.3. The van der Waals surface area contributed by atoms with Crippen molar-refractivity contribution in [3.63, 3.8) is 0 Å². The molecule has 0 saturated heterocycles. The average Bonchev–Trinajstić information content (AvgIpc) is 2.65. The van der Waals surface area contributed by atoms with Gasteiger partial charge < -0.3 is 0 Å². The molecule has 0 saturated carbocycles. The zero-order chi connectivity index (χ0) is 17.7. The van der Waals surface area contributed by atoms with Crippen molar-refractivity contribution in [2.24, 2.45) is 0 Å².